The molecule has 0 spiro atoms. The highest BCUT2D eigenvalue weighted by atomic mass is 16.4. The summed E-state index contributed by atoms with van der Waals surface area (Å²) in [5, 5.41) is 24.5. The summed E-state index contributed by atoms with van der Waals surface area (Å²) in [6, 6.07) is 27.6. The molecule has 0 radical (unpaired) electrons. The van der Waals surface area contributed by atoms with E-state index in [1.165, 1.54) is 12.2 Å². The maximum atomic E-state index is 12.9. The Kier molecular flexibility index (Phi) is 22.7. The van der Waals surface area contributed by atoms with Crippen molar-refractivity contribution in [2.24, 2.45) is 0 Å². The Bertz CT molecular complexity index is 2000. The SMILES string of the molecule is CCCCN(CCCC)c1ccc(/C(C)=C/C(=O)O)cc1NC(=O)Cc1ccc(C)cc1.CCCCN(CCCC)c1ccc(/C(C)=C\C(=O)O)cc1NC(=O)Cc1ccc(C)cc1. The number of hydrogen-bond acceptors (Lipinski definition) is 6. The molecule has 0 aliphatic heterocycles. The van der Waals surface area contributed by atoms with Crippen LogP contribution >= 0.6 is 0 Å². The van der Waals surface area contributed by atoms with Gasteiger partial charge in [0.15, 0.2) is 0 Å². The number of amides is 2. The van der Waals surface area contributed by atoms with Crippen LogP contribution < -0.4 is 20.4 Å². The van der Waals surface area contributed by atoms with Crippen LogP contribution in [-0.4, -0.2) is 60.1 Å². The summed E-state index contributed by atoms with van der Waals surface area (Å²) in [6.45, 7) is 19.9. The van der Waals surface area contributed by atoms with E-state index < -0.39 is 11.9 Å². The second kappa shape index (κ2) is 27.8. The van der Waals surface area contributed by atoms with Crippen LogP contribution in [0.15, 0.2) is 97.1 Å². The maximum Gasteiger partial charge on any atom is 0.328 e. The summed E-state index contributed by atoms with van der Waals surface area (Å²) in [7, 11) is 0. The number of allylic oxidation sites excluding steroid dienone is 2. The van der Waals surface area contributed by atoms with Crippen molar-refractivity contribution in [1.82, 2.24) is 0 Å². The monoisotopic (exact) mass is 873 g/mol. The van der Waals surface area contributed by atoms with Gasteiger partial charge >= 0.3 is 11.9 Å². The topological polar surface area (TPSA) is 139 Å². The normalized spacial score (nSPS) is 11.3. The lowest BCUT2D eigenvalue weighted by Crippen LogP contribution is -2.27. The maximum absolute atomic E-state index is 12.9. The Hall–Kier alpha value is -6.16. The fourth-order valence-electron chi connectivity index (χ4n) is 7.12. The molecule has 64 heavy (non-hydrogen) atoms. The molecule has 4 N–H and O–H groups in total. The zero-order valence-corrected chi connectivity index (χ0v) is 39.6. The number of carbonyl (C=O) groups is 4. The van der Waals surface area contributed by atoms with Crippen LogP contribution in [0.4, 0.5) is 22.7 Å². The summed E-state index contributed by atoms with van der Waals surface area (Å²) in [4.78, 5) is 52.7. The van der Waals surface area contributed by atoms with Crippen molar-refractivity contribution in [3.8, 4) is 0 Å². The third-order valence-corrected chi connectivity index (χ3v) is 10.9. The van der Waals surface area contributed by atoms with Gasteiger partial charge in [-0.15, -0.1) is 0 Å². The lowest BCUT2D eigenvalue weighted by Gasteiger charge is -2.28. The molecule has 2 amide bonds. The van der Waals surface area contributed by atoms with Gasteiger partial charge < -0.3 is 30.6 Å². The molecule has 10 nitrogen and oxygen atoms in total. The Morgan fingerprint density at radius 2 is 0.812 bits per heavy atom. The lowest BCUT2D eigenvalue weighted by atomic mass is 10.0. The quantitative estimate of drug-likeness (QED) is 0.0511. The second-order valence-electron chi connectivity index (χ2n) is 16.6. The van der Waals surface area contributed by atoms with Crippen molar-refractivity contribution in [3.63, 3.8) is 0 Å². The number of carbonyl (C=O) groups excluding carboxylic acids is 2. The number of rotatable bonds is 24. The zero-order valence-electron chi connectivity index (χ0n) is 39.6. The highest BCUT2D eigenvalue weighted by Gasteiger charge is 2.17. The van der Waals surface area contributed by atoms with Crippen LogP contribution in [0.3, 0.4) is 0 Å². The fraction of sp³-hybridized carbons (Fsp3) is 0.407. The summed E-state index contributed by atoms with van der Waals surface area (Å²) < 4.78 is 0. The van der Waals surface area contributed by atoms with Crippen LogP contribution in [0, 0.1) is 13.8 Å². The van der Waals surface area contributed by atoms with Crippen LogP contribution in [0.25, 0.3) is 11.1 Å². The average molecular weight is 873 g/mol. The van der Waals surface area contributed by atoms with E-state index in [0.29, 0.717) is 11.1 Å². The minimum Gasteiger partial charge on any atom is -0.478 e. The summed E-state index contributed by atoms with van der Waals surface area (Å²) in [6.07, 6.45) is 11.6. The molecular weight excluding hydrogens is 801 g/mol. The molecule has 0 saturated carbocycles. The Morgan fingerprint density at radius 3 is 1.09 bits per heavy atom. The molecule has 0 saturated heterocycles. The van der Waals surface area contributed by atoms with Crippen molar-refractivity contribution in [1.29, 1.82) is 0 Å². The number of nitrogens with zero attached hydrogens (tertiary/aromatic N) is 2. The number of aryl methyl sites for hydroxylation is 2. The Morgan fingerprint density at radius 1 is 0.500 bits per heavy atom. The number of nitrogens with one attached hydrogen (secondary N) is 2. The zero-order chi connectivity index (χ0) is 47.0. The fourth-order valence-corrected chi connectivity index (χ4v) is 7.12. The van der Waals surface area contributed by atoms with Gasteiger partial charge in [-0.2, -0.15) is 0 Å². The first-order valence-corrected chi connectivity index (χ1v) is 23.0. The minimum absolute atomic E-state index is 0.0851. The van der Waals surface area contributed by atoms with E-state index in [-0.39, 0.29) is 24.7 Å². The predicted octanol–water partition coefficient (Wildman–Crippen LogP) is 12.1. The van der Waals surface area contributed by atoms with E-state index in [1.807, 2.05) is 98.8 Å². The van der Waals surface area contributed by atoms with Gasteiger partial charge in [0.2, 0.25) is 11.8 Å². The Balaban J connectivity index is 0.000000340. The molecule has 4 rings (SSSR count). The minimum atomic E-state index is -0.982. The van der Waals surface area contributed by atoms with E-state index >= 15 is 0 Å². The van der Waals surface area contributed by atoms with Crippen molar-refractivity contribution in [2.75, 3.05) is 46.6 Å². The molecule has 4 aromatic carbocycles. The van der Waals surface area contributed by atoms with Crippen molar-refractivity contribution in [2.45, 2.75) is 120 Å². The molecule has 10 heteroatoms. The lowest BCUT2D eigenvalue weighted by molar-refractivity contribution is -0.132. The molecule has 344 valence electrons. The first-order chi connectivity index (χ1) is 30.7. The van der Waals surface area contributed by atoms with E-state index in [4.69, 9.17) is 10.2 Å². The van der Waals surface area contributed by atoms with Crippen molar-refractivity contribution >= 4 is 57.6 Å². The van der Waals surface area contributed by atoms with E-state index in [2.05, 4.69) is 48.1 Å². The molecule has 4 aromatic rings. The third-order valence-electron chi connectivity index (χ3n) is 10.9. The van der Waals surface area contributed by atoms with Crippen LogP contribution in [-0.2, 0) is 32.0 Å². The van der Waals surface area contributed by atoms with Crippen LogP contribution in [0.5, 0.6) is 0 Å². The van der Waals surface area contributed by atoms with E-state index in [0.717, 1.165) is 134 Å². The molecule has 0 aromatic heterocycles. The molecular formula is C54H72N4O6. The van der Waals surface area contributed by atoms with Gasteiger partial charge in [-0.25, -0.2) is 9.59 Å². The summed E-state index contributed by atoms with van der Waals surface area (Å²) >= 11 is 0. The number of carboxylic acid groups (broad SMARTS) is 2. The van der Waals surface area contributed by atoms with Gasteiger partial charge in [-0.1, -0.05) is 125 Å². The molecule has 0 bridgehead atoms. The smallest absolute Gasteiger partial charge is 0.328 e. The number of carboxylic acids is 2. The van der Waals surface area contributed by atoms with Gasteiger partial charge in [0, 0.05) is 38.3 Å². The van der Waals surface area contributed by atoms with Gasteiger partial charge in [-0.3, -0.25) is 9.59 Å². The highest BCUT2D eigenvalue weighted by molar-refractivity contribution is 5.98. The molecule has 0 aliphatic rings. The Labute approximate surface area is 382 Å². The van der Waals surface area contributed by atoms with E-state index in [1.54, 1.807) is 13.8 Å². The number of hydrogen-bond donors (Lipinski definition) is 4. The standard InChI is InChI=1S/2C27H36N2O3/c2*1-5-7-15-29(16-8-6-2)25-14-13-23(21(4)17-27(31)32)19-24(25)28-26(30)18-22-11-9-20(3)10-12-22/h2*9-14,17,19H,5-8,15-16,18H2,1-4H3,(H,28,30)(H,31,32)/b21-17+;21-17-. The number of anilines is 4. The number of aliphatic carboxylic acids is 2. The summed E-state index contributed by atoms with van der Waals surface area (Å²) in [5.74, 6) is -2.13. The summed E-state index contributed by atoms with van der Waals surface area (Å²) in [5.41, 5.74) is 10.5. The van der Waals surface area contributed by atoms with Crippen LogP contribution in [0.2, 0.25) is 0 Å². The number of unbranched alkanes of at least 4 members (excludes halogenated alkanes) is 4. The molecule has 0 heterocycles. The van der Waals surface area contributed by atoms with Gasteiger partial charge in [0.25, 0.3) is 0 Å². The van der Waals surface area contributed by atoms with E-state index in [9.17, 15) is 19.2 Å². The molecule has 0 fully saturated rings. The second-order valence-corrected chi connectivity index (χ2v) is 16.6. The molecule has 0 aliphatic carbocycles. The van der Waals surface area contributed by atoms with Gasteiger partial charge in [0.1, 0.15) is 0 Å². The van der Waals surface area contributed by atoms with Crippen molar-refractivity contribution < 1.29 is 29.4 Å². The molecule has 0 unspecified atom stereocenters. The van der Waals surface area contributed by atoms with Crippen molar-refractivity contribution in [3.05, 3.63) is 130 Å². The average Bonchev–Trinajstić information content (AvgIpc) is 3.25. The van der Waals surface area contributed by atoms with Gasteiger partial charge in [0.05, 0.1) is 35.6 Å². The third kappa shape index (κ3) is 18.3. The largest absolute Gasteiger partial charge is 0.478 e. The first kappa shape index (κ1) is 52.2. The van der Waals surface area contributed by atoms with Gasteiger partial charge in [-0.05, 0) is 111 Å². The van der Waals surface area contributed by atoms with Crippen LogP contribution in [0.1, 0.15) is 126 Å². The number of benzene rings is 4. The highest BCUT2D eigenvalue weighted by Crippen LogP contribution is 2.32. The first-order valence-electron chi connectivity index (χ1n) is 23.0. The predicted molar refractivity (Wildman–Crippen MR) is 267 cm³/mol. The molecule has 0 atom stereocenters.